The molecule has 1 aromatic rings. The lowest BCUT2D eigenvalue weighted by Crippen LogP contribution is -2.40. The van der Waals surface area contributed by atoms with Gasteiger partial charge in [0.25, 0.3) is 0 Å². The predicted molar refractivity (Wildman–Crippen MR) is 83.1 cm³/mol. The highest BCUT2D eigenvalue weighted by atomic mass is 32.1. The molecule has 0 aliphatic heterocycles. The number of unbranched alkanes of at least 4 members (excludes halogenated alkanes) is 1. The molecule has 0 aliphatic rings. The number of benzene rings is 1. The van der Waals surface area contributed by atoms with Crippen LogP contribution in [0.15, 0.2) is 30.3 Å². The van der Waals surface area contributed by atoms with Crippen LogP contribution in [0.5, 0.6) is 0 Å². The monoisotopic (exact) mass is 278 g/mol. The van der Waals surface area contributed by atoms with E-state index in [9.17, 15) is 4.79 Å². The Morgan fingerprint density at radius 1 is 1.32 bits per heavy atom. The molecule has 1 amide bonds. The number of carbonyl (C=O) groups excluding carboxylic acids is 1. The van der Waals surface area contributed by atoms with E-state index in [2.05, 4.69) is 6.92 Å². The first-order valence-electron chi connectivity index (χ1n) is 6.74. The Bertz CT molecular complexity index is 419. The average molecular weight is 278 g/mol. The Labute approximate surface area is 120 Å². The molecule has 0 saturated heterocycles. The summed E-state index contributed by atoms with van der Waals surface area (Å²) in [5, 5.41) is 0. The van der Waals surface area contributed by atoms with Crippen LogP contribution in [0.25, 0.3) is 0 Å². The normalized spacial score (nSPS) is 11.9. The quantitative estimate of drug-likeness (QED) is 0.780. The van der Waals surface area contributed by atoms with Crippen LogP contribution in [0.4, 0.5) is 0 Å². The molecule has 0 saturated carbocycles. The van der Waals surface area contributed by atoms with Crippen LogP contribution in [0, 0.1) is 0 Å². The molecule has 0 aliphatic carbocycles. The predicted octanol–water partition coefficient (Wildman–Crippen LogP) is 2.70. The van der Waals surface area contributed by atoms with Crippen LogP contribution < -0.4 is 5.73 Å². The summed E-state index contributed by atoms with van der Waals surface area (Å²) in [6, 6.07) is 9.51. The van der Waals surface area contributed by atoms with Crippen LogP contribution in [-0.2, 0) is 4.79 Å². The first kappa shape index (κ1) is 15.6. The van der Waals surface area contributed by atoms with Gasteiger partial charge < -0.3 is 10.6 Å². The van der Waals surface area contributed by atoms with Gasteiger partial charge in [0.2, 0.25) is 5.91 Å². The van der Waals surface area contributed by atoms with Crippen LogP contribution in [0.2, 0.25) is 0 Å². The van der Waals surface area contributed by atoms with Gasteiger partial charge in [-0.1, -0.05) is 55.9 Å². The summed E-state index contributed by atoms with van der Waals surface area (Å²) in [6.45, 7) is 5.54. The number of hydrogen-bond donors (Lipinski definition) is 1. The fraction of sp³-hybridized carbons (Fsp3) is 0.467. The first-order valence-corrected chi connectivity index (χ1v) is 7.15. The van der Waals surface area contributed by atoms with E-state index in [1.165, 1.54) is 0 Å². The Morgan fingerprint density at radius 3 is 2.42 bits per heavy atom. The van der Waals surface area contributed by atoms with Crippen molar-refractivity contribution in [3.8, 4) is 0 Å². The lowest BCUT2D eigenvalue weighted by atomic mass is 9.97. The van der Waals surface area contributed by atoms with E-state index in [4.69, 9.17) is 18.0 Å². The van der Waals surface area contributed by atoms with Gasteiger partial charge in [-0.05, 0) is 18.9 Å². The van der Waals surface area contributed by atoms with Crippen LogP contribution in [0.1, 0.15) is 38.2 Å². The van der Waals surface area contributed by atoms with Crippen molar-refractivity contribution in [1.82, 2.24) is 4.90 Å². The second-order valence-electron chi connectivity index (χ2n) is 4.52. The largest absolute Gasteiger partial charge is 0.392 e. The lowest BCUT2D eigenvalue weighted by molar-refractivity contribution is -0.131. The number of nitrogens with two attached hydrogens (primary N) is 1. The summed E-state index contributed by atoms with van der Waals surface area (Å²) in [5.41, 5.74) is 6.65. The summed E-state index contributed by atoms with van der Waals surface area (Å²) in [6.07, 6.45) is 2.06. The van der Waals surface area contributed by atoms with Crippen molar-refractivity contribution < 1.29 is 4.79 Å². The van der Waals surface area contributed by atoms with E-state index >= 15 is 0 Å². The highest BCUT2D eigenvalue weighted by Crippen LogP contribution is 2.19. The van der Waals surface area contributed by atoms with E-state index in [0.29, 0.717) is 6.54 Å². The molecule has 19 heavy (non-hydrogen) atoms. The van der Waals surface area contributed by atoms with Gasteiger partial charge >= 0.3 is 0 Å². The van der Waals surface area contributed by atoms with Crippen molar-refractivity contribution in [3.63, 3.8) is 0 Å². The molecule has 2 N–H and O–H groups in total. The van der Waals surface area contributed by atoms with Gasteiger partial charge in [-0.2, -0.15) is 0 Å². The number of nitrogens with zero attached hydrogens (tertiary/aromatic N) is 1. The molecule has 0 heterocycles. The second kappa shape index (κ2) is 7.89. The molecule has 0 spiro atoms. The molecule has 1 aromatic carbocycles. The Balaban J connectivity index is 2.93. The van der Waals surface area contributed by atoms with E-state index < -0.39 is 5.92 Å². The third-order valence-corrected chi connectivity index (χ3v) is 3.38. The summed E-state index contributed by atoms with van der Waals surface area (Å²) < 4.78 is 0. The molecular weight excluding hydrogens is 256 g/mol. The average Bonchev–Trinajstić information content (AvgIpc) is 2.40. The number of hydrogen-bond acceptors (Lipinski definition) is 2. The first-order chi connectivity index (χ1) is 9.11. The third-order valence-electron chi connectivity index (χ3n) is 3.14. The maximum absolute atomic E-state index is 12.6. The smallest absolute Gasteiger partial charge is 0.236 e. The molecule has 3 nitrogen and oxygen atoms in total. The van der Waals surface area contributed by atoms with E-state index in [1.54, 1.807) is 0 Å². The zero-order chi connectivity index (χ0) is 14.3. The van der Waals surface area contributed by atoms with Crippen LogP contribution in [0.3, 0.4) is 0 Å². The number of amides is 1. The highest BCUT2D eigenvalue weighted by Gasteiger charge is 2.27. The summed E-state index contributed by atoms with van der Waals surface area (Å²) in [5.74, 6) is -0.498. The summed E-state index contributed by atoms with van der Waals surface area (Å²) in [4.78, 5) is 14.7. The maximum atomic E-state index is 12.6. The van der Waals surface area contributed by atoms with Crippen molar-refractivity contribution in [2.45, 2.75) is 32.6 Å². The molecule has 1 atom stereocenters. The Hall–Kier alpha value is -1.42. The molecule has 104 valence electrons. The van der Waals surface area contributed by atoms with Gasteiger partial charge in [-0.3, -0.25) is 4.79 Å². The number of rotatable bonds is 7. The molecule has 1 unspecified atom stereocenters. The molecule has 1 rings (SSSR count). The minimum atomic E-state index is -0.506. The second-order valence-corrected chi connectivity index (χ2v) is 4.99. The Kier molecular flexibility index (Phi) is 6.50. The van der Waals surface area contributed by atoms with E-state index in [1.807, 2.05) is 42.2 Å². The minimum absolute atomic E-state index is 0.00894. The molecule has 0 fully saturated rings. The van der Waals surface area contributed by atoms with Crippen molar-refractivity contribution in [3.05, 3.63) is 35.9 Å². The van der Waals surface area contributed by atoms with Crippen LogP contribution >= 0.6 is 12.2 Å². The van der Waals surface area contributed by atoms with Gasteiger partial charge in [0, 0.05) is 13.1 Å². The highest BCUT2D eigenvalue weighted by molar-refractivity contribution is 7.80. The fourth-order valence-corrected chi connectivity index (χ4v) is 2.27. The van der Waals surface area contributed by atoms with Gasteiger partial charge in [-0.15, -0.1) is 0 Å². The van der Waals surface area contributed by atoms with Gasteiger partial charge in [0.05, 0.1) is 4.99 Å². The number of carbonyl (C=O) groups is 1. The molecule has 0 radical (unpaired) electrons. The Morgan fingerprint density at radius 2 is 1.95 bits per heavy atom. The molecule has 4 heteroatoms. The lowest BCUT2D eigenvalue weighted by Gasteiger charge is -2.26. The van der Waals surface area contributed by atoms with Crippen molar-refractivity contribution in [2.24, 2.45) is 5.73 Å². The molecule has 0 bridgehead atoms. The fourth-order valence-electron chi connectivity index (χ4n) is 2.03. The standard InChI is InChI=1S/C15H22N2OS/c1-3-5-11-17(4-2)15(18)13(14(16)19)12-9-7-6-8-10-12/h6-10,13H,3-5,11H2,1-2H3,(H2,16,19). The van der Waals surface area contributed by atoms with E-state index in [0.717, 1.165) is 24.9 Å². The van der Waals surface area contributed by atoms with Crippen molar-refractivity contribution in [2.75, 3.05) is 13.1 Å². The van der Waals surface area contributed by atoms with Gasteiger partial charge in [0.15, 0.2) is 0 Å². The van der Waals surface area contributed by atoms with Crippen molar-refractivity contribution in [1.29, 1.82) is 0 Å². The van der Waals surface area contributed by atoms with Crippen LogP contribution in [-0.4, -0.2) is 28.9 Å². The van der Waals surface area contributed by atoms with Gasteiger partial charge in [0.1, 0.15) is 5.92 Å². The zero-order valence-electron chi connectivity index (χ0n) is 11.6. The molecular formula is C15H22N2OS. The topological polar surface area (TPSA) is 46.3 Å². The number of thiocarbonyl (C=S) groups is 1. The summed E-state index contributed by atoms with van der Waals surface area (Å²) in [7, 11) is 0. The minimum Gasteiger partial charge on any atom is -0.392 e. The van der Waals surface area contributed by atoms with Crippen molar-refractivity contribution >= 4 is 23.1 Å². The third kappa shape index (κ3) is 4.31. The van der Waals surface area contributed by atoms with E-state index in [-0.39, 0.29) is 10.9 Å². The SMILES string of the molecule is CCCCN(CC)C(=O)C(C(N)=S)c1ccccc1. The van der Waals surface area contributed by atoms with Gasteiger partial charge in [-0.25, -0.2) is 0 Å². The molecule has 0 aromatic heterocycles. The summed E-state index contributed by atoms with van der Waals surface area (Å²) >= 11 is 5.09. The zero-order valence-corrected chi connectivity index (χ0v) is 12.5. The maximum Gasteiger partial charge on any atom is 0.236 e. The number of likely N-dealkylation sites (N-methyl/N-ethyl adjacent to an activating group) is 1.